The van der Waals surface area contributed by atoms with E-state index in [0.29, 0.717) is 23.0 Å². The molecule has 1 amide bonds. The molecule has 25 heavy (non-hydrogen) atoms. The summed E-state index contributed by atoms with van der Waals surface area (Å²) < 4.78 is 27.3. The number of nitrogens with one attached hydrogen (secondary N) is 2. The van der Waals surface area contributed by atoms with Crippen molar-refractivity contribution in [3.63, 3.8) is 0 Å². The number of amides is 1. The maximum absolute atomic E-state index is 12.4. The number of nitrogens with zero attached hydrogens (tertiary/aromatic N) is 1. The number of anilines is 1. The fourth-order valence-corrected chi connectivity index (χ4v) is 3.98. The van der Waals surface area contributed by atoms with Crippen LogP contribution < -0.4 is 10.0 Å². The number of amidine groups is 1. The predicted octanol–water partition coefficient (Wildman–Crippen LogP) is 2.63. The molecule has 130 valence electrons. The smallest absolute Gasteiger partial charge is 0.261 e. The summed E-state index contributed by atoms with van der Waals surface area (Å²) in [6.45, 7) is 2.62. The first-order valence-corrected chi connectivity index (χ1v) is 10.1. The Bertz CT molecular complexity index is 905. The van der Waals surface area contributed by atoms with Crippen LogP contribution in [0.1, 0.15) is 15.9 Å². The van der Waals surface area contributed by atoms with Crippen LogP contribution in [-0.2, 0) is 10.0 Å². The van der Waals surface area contributed by atoms with Gasteiger partial charge >= 0.3 is 0 Å². The zero-order chi connectivity index (χ0) is 17.9. The number of hydrogen-bond acceptors (Lipinski definition) is 5. The highest BCUT2D eigenvalue weighted by molar-refractivity contribution is 8.14. The Morgan fingerprint density at radius 1 is 1.08 bits per heavy atom. The second-order valence-electron chi connectivity index (χ2n) is 5.49. The molecular formula is C17H17N3O3S2. The molecule has 0 aliphatic carbocycles. The quantitative estimate of drug-likeness (QED) is 0.860. The lowest BCUT2D eigenvalue weighted by molar-refractivity contribution is 0.0978. The van der Waals surface area contributed by atoms with Crippen molar-refractivity contribution in [3.8, 4) is 0 Å². The van der Waals surface area contributed by atoms with Crippen molar-refractivity contribution < 1.29 is 13.2 Å². The summed E-state index contributed by atoms with van der Waals surface area (Å²) in [6, 6.07) is 12.9. The Morgan fingerprint density at radius 2 is 1.76 bits per heavy atom. The number of hydrogen-bond donors (Lipinski definition) is 2. The van der Waals surface area contributed by atoms with Gasteiger partial charge in [0.05, 0.1) is 11.4 Å². The highest BCUT2D eigenvalue weighted by Crippen LogP contribution is 2.17. The lowest BCUT2D eigenvalue weighted by Crippen LogP contribution is -2.27. The third kappa shape index (κ3) is 4.40. The van der Waals surface area contributed by atoms with Crippen molar-refractivity contribution in [1.82, 2.24) is 5.32 Å². The average Bonchev–Trinajstić information content (AvgIpc) is 3.10. The number of sulfonamides is 1. The molecule has 0 atom stereocenters. The second kappa shape index (κ2) is 7.28. The minimum Gasteiger partial charge on any atom is -0.301 e. The van der Waals surface area contributed by atoms with Gasteiger partial charge in [0.15, 0.2) is 5.17 Å². The molecule has 2 aromatic carbocycles. The van der Waals surface area contributed by atoms with Crippen LogP contribution in [-0.4, -0.2) is 31.8 Å². The molecule has 1 aliphatic rings. The molecule has 2 aromatic rings. The summed E-state index contributed by atoms with van der Waals surface area (Å²) in [5.74, 6) is 0.556. The number of aryl methyl sites for hydroxylation is 1. The van der Waals surface area contributed by atoms with E-state index in [1.54, 1.807) is 12.1 Å². The maximum atomic E-state index is 12.4. The number of carbonyl (C=O) groups excluding carboxylic acids is 1. The Balaban J connectivity index is 1.72. The van der Waals surface area contributed by atoms with E-state index in [9.17, 15) is 13.2 Å². The Kier molecular flexibility index (Phi) is 5.10. The molecule has 0 saturated heterocycles. The van der Waals surface area contributed by atoms with E-state index in [1.807, 2.05) is 19.1 Å². The van der Waals surface area contributed by atoms with Gasteiger partial charge in [-0.2, -0.15) is 0 Å². The van der Waals surface area contributed by atoms with Crippen LogP contribution in [0.15, 0.2) is 58.4 Å². The van der Waals surface area contributed by atoms with Crippen LogP contribution in [0.25, 0.3) is 0 Å². The monoisotopic (exact) mass is 375 g/mol. The molecule has 0 spiro atoms. The van der Waals surface area contributed by atoms with E-state index >= 15 is 0 Å². The number of rotatable bonds is 4. The highest BCUT2D eigenvalue weighted by atomic mass is 32.2. The maximum Gasteiger partial charge on any atom is 0.261 e. The molecule has 2 N–H and O–H groups in total. The van der Waals surface area contributed by atoms with Crippen LogP contribution in [0.4, 0.5) is 5.69 Å². The van der Waals surface area contributed by atoms with Gasteiger partial charge in [0.25, 0.3) is 15.9 Å². The summed E-state index contributed by atoms with van der Waals surface area (Å²) >= 11 is 1.49. The van der Waals surface area contributed by atoms with Crippen molar-refractivity contribution in [3.05, 3.63) is 59.7 Å². The molecule has 0 unspecified atom stereocenters. The zero-order valence-electron chi connectivity index (χ0n) is 13.5. The average molecular weight is 375 g/mol. The number of aliphatic imine (C=N–C) groups is 1. The van der Waals surface area contributed by atoms with Gasteiger partial charge in [-0.1, -0.05) is 29.5 Å². The van der Waals surface area contributed by atoms with Crippen molar-refractivity contribution in [1.29, 1.82) is 0 Å². The third-order valence-corrected chi connectivity index (χ3v) is 5.83. The molecule has 8 heteroatoms. The standard InChI is InChI=1S/C17H17N3O3S2/c1-12-2-6-14(7-3-12)20-25(22,23)15-8-4-13(5-9-15)16(21)19-17-18-10-11-24-17/h2-9,20H,10-11H2,1H3,(H,18,19,21). The minimum atomic E-state index is -3.70. The lowest BCUT2D eigenvalue weighted by atomic mass is 10.2. The normalized spacial score (nSPS) is 14.0. The van der Waals surface area contributed by atoms with Crippen LogP contribution in [0, 0.1) is 6.92 Å². The van der Waals surface area contributed by atoms with Gasteiger partial charge < -0.3 is 5.32 Å². The summed E-state index contributed by atoms with van der Waals surface area (Å²) in [6.07, 6.45) is 0. The Hall–Kier alpha value is -2.32. The van der Waals surface area contributed by atoms with E-state index in [0.717, 1.165) is 11.3 Å². The molecule has 1 heterocycles. The fraction of sp³-hybridized carbons (Fsp3) is 0.176. The Labute approximate surface area is 150 Å². The summed E-state index contributed by atoms with van der Waals surface area (Å²) in [5.41, 5.74) is 1.91. The highest BCUT2D eigenvalue weighted by Gasteiger charge is 2.16. The summed E-state index contributed by atoms with van der Waals surface area (Å²) in [7, 11) is -3.70. The van der Waals surface area contributed by atoms with Gasteiger partial charge in [-0.05, 0) is 43.3 Å². The number of benzene rings is 2. The first-order chi connectivity index (χ1) is 11.9. The van der Waals surface area contributed by atoms with Crippen molar-refractivity contribution in [2.45, 2.75) is 11.8 Å². The van der Waals surface area contributed by atoms with E-state index < -0.39 is 10.0 Å². The van der Waals surface area contributed by atoms with E-state index in [4.69, 9.17) is 0 Å². The molecule has 6 nitrogen and oxygen atoms in total. The van der Waals surface area contributed by atoms with Crippen molar-refractivity contribution in [2.24, 2.45) is 4.99 Å². The molecular weight excluding hydrogens is 358 g/mol. The topological polar surface area (TPSA) is 87.6 Å². The van der Waals surface area contributed by atoms with Crippen LogP contribution in [0.2, 0.25) is 0 Å². The van der Waals surface area contributed by atoms with E-state index in [2.05, 4.69) is 15.0 Å². The molecule has 0 fully saturated rings. The first-order valence-electron chi connectivity index (χ1n) is 7.62. The molecule has 0 aromatic heterocycles. The number of carbonyl (C=O) groups is 1. The van der Waals surface area contributed by atoms with Gasteiger partial charge in [-0.25, -0.2) is 8.42 Å². The van der Waals surface area contributed by atoms with E-state index in [-0.39, 0.29) is 10.8 Å². The van der Waals surface area contributed by atoms with Crippen LogP contribution >= 0.6 is 11.8 Å². The SMILES string of the molecule is Cc1ccc(NS(=O)(=O)c2ccc(C(=O)NC3=NCCS3)cc2)cc1. The van der Waals surface area contributed by atoms with Gasteiger partial charge in [0.2, 0.25) is 0 Å². The molecule has 0 saturated carbocycles. The molecule has 3 rings (SSSR count). The van der Waals surface area contributed by atoms with E-state index in [1.165, 1.54) is 36.0 Å². The van der Waals surface area contributed by atoms with Gasteiger partial charge in [0.1, 0.15) is 0 Å². The fourth-order valence-electron chi connectivity index (χ4n) is 2.20. The van der Waals surface area contributed by atoms with Crippen molar-refractivity contribution >= 4 is 38.5 Å². The third-order valence-electron chi connectivity index (χ3n) is 3.54. The molecule has 0 radical (unpaired) electrons. The lowest BCUT2D eigenvalue weighted by Gasteiger charge is -2.09. The largest absolute Gasteiger partial charge is 0.301 e. The second-order valence-corrected chi connectivity index (χ2v) is 8.25. The van der Waals surface area contributed by atoms with Crippen molar-refractivity contribution in [2.75, 3.05) is 17.0 Å². The van der Waals surface area contributed by atoms with Crippen LogP contribution in [0.5, 0.6) is 0 Å². The summed E-state index contributed by atoms with van der Waals surface area (Å²) in [4.78, 5) is 16.4. The first kappa shape index (κ1) is 17.5. The zero-order valence-corrected chi connectivity index (χ0v) is 15.2. The molecule has 1 aliphatic heterocycles. The van der Waals surface area contributed by atoms with Gasteiger partial charge in [0, 0.05) is 17.0 Å². The Morgan fingerprint density at radius 3 is 2.36 bits per heavy atom. The number of thioether (sulfide) groups is 1. The summed E-state index contributed by atoms with van der Waals surface area (Å²) in [5, 5.41) is 3.31. The van der Waals surface area contributed by atoms with Gasteiger partial charge in [-0.15, -0.1) is 0 Å². The van der Waals surface area contributed by atoms with Crippen LogP contribution in [0.3, 0.4) is 0 Å². The van der Waals surface area contributed by atoms with Gasteiger partial charge in [-0.3, -0.25) is 14.5 Å². The molecule has 0 bridgehead atoms. The predicted molar refractivity (Wildman–Crippen MR) is 101 cm³/mol. The minimum absolute atomic E-state index is 0.0946.